The van der Waals surface area contributed by atoms with Crippen LogP contribution in [0.1, 0.15) is 114 Å². The lowest BCUT2D eigenvalue weighted by atomic mass is 9.73. The van der Waals surface area contributed by atoms with Crippen molar-refractivity contribution in [2.75, 3.05) is 0 Å². The Bertz CT molecular complexity index is 600. The number of aromatic hydroxyl groups is 1. The molecule has 26 heavy (non-hydrogen) atoms. The number of rotatable bonds is 11. The van der Waals surface area contributed by atoms with E-state index >= 15 is 0 Å². The van der Waals surface area contributed by atoms with Crippen LogP contribution in [0.25, 0.3) is 0 Å². The highest BCUT2D eigenvalue weighted by molar-refractivity contribution is 5.91. The third-order valence-corrected chi connectivity index (χ3v) is 5.66. The highest BCUT2D eigenvalue weighted by Crippen LogP contribution is 2.41. The molecule has 0 atom stereocenters. The van der Waals surface area contributed by atoms with Crippen LogP contribution in [-0.4, -0.2) is 16.2 Å². The molecule has 0 radical (unpaired) electrons. The summed E-state index contributed by atoms with van der Waals surface area (Å²) >= 11 is 0. The summed E-state index contributed by atoms with van der Waals surface area (Å²) in [7, 11) is 0. The predicted octanol–water partition coefficient (Wildman–Crippen LogP) is 6.81. The fraction of sp³-hybridized carbons (Fsp3) is 0.696. The van der Waals surface area contributed by atoms with Crippen molar-refractivity contribution in [1.29, 1.82) is 0 Å². The number of phenols is 1. The summed E-state index contributed by atoms with van der Waals surface area (Å²) in [6.45, 7) is 12.9. The third kappa shape index (κ3) is 5.75. The first kappa shape index (κ1) is 22.5. The first-order chi connectivity index (χ1) is 12.1. The Balaban J connectivity index is 3.33. The number of hydrogen-bond donors (Lipinski definition) is 2. The quantitative estimate of drug-likeness (QED) is 0.425. The summed E-state index contributed by atoms with van der Waals surface area (Å²) in [5.41, 5.74) is 1.46. The van der Waals surface area contributed by atoms with Gasteiger partial charge in [-0.3, -0.25) is 0 Å². The van der Waals surface area contributed by atoms with Gasteiger partial charge in [0.25, 0.3) is 0 Å². The molecule has 1 aromatic rings. The third-order valence-electron chi connectivity index (χ3n) is 5.66. The standard InChI is InChI=1S/C23H38O3/c1-7-9-11-13-22(3,4)17-15-18(21(25)26)20(24)19(16-17)23(5,6)14-12-10-8-2/h15-16,24H,7-14H2,1-6H3,(H,25,26). The number of benzene rings is 1. The normalized spacial score (nSPS) is 12.4. The SMILES string of the molecule is CCCCCC(C)(C)c1cc(C(=O)O)c(O)c(C(C)(C)CCCCC)c1. The Morgan fingerprint density at radius 2 is 1.38 bits per heavy atom. The maximum Gasteiger partial charge on any atom is 0.339 e. The molecule has 0 saturated carbocycles. The van der Waals surface area contributed by atoms with Gasteiger partial charge in [-0.1, -0.05) is 86.1 Å². The van der Waals surface area contributed by atoms with Crippen molar-refractivity contribution in [3.63, 3.8) is 0 Å². The van der Waals surface area contributed by atoms with Gasteiger partial charge in [0, 0.05) is 5.56 Å². The van der Waals surface area contributed by atoms with Gasteiger partial charge >= 0.3 is 5.97 Å². The molecule has 0 saturated heterocycles. The molecule has 0 heterocycles. The van der Waals surface area contributed by atoms with Gasteiger partial charge in [-0.05, 0) is 35.3 Å². The highest BCUT2D eigenvalue weighted by atomic mass is 16.4. The van der Waals surface area contributed by atoms with Crippen molar-refractivity contribution >= 4 is 5.97 Å². The highest BCUT2D eigenvalue weighted by Gasteiger charge is 2.30. The monoisotopic (exact) mass is 362 g/mol. The van der Waals surface area contributed by atoms with E-state index in [0.717, 1.165) is 49.7 Å². The van der Waals surface area contributed by atoms with Crippen LogP contribution in [0.3, 0.4) is 0 Å². The van der Waals surface area contributed by atoms with Crippen molar-refractivity contribution < 1.29 is 15.0 Å². The Morgan fingerprint density at radius 1 is 0.885 bits per heavy atom. The van der Waals surface area contributed by atoms with E-state index in [1.54, 1.807) is 6.07 Å². The Kier molecular flexibility index (Phi) is 8.17. The fourth-order valence-corrected chi connectivity index (χ4v) is 3.62. The van der Waals surface area contributed by atoms with E-state index in [4.69, 9.17) is 0 Å². The van der Waals surface area contributed by atoms with E-state index in [9.17, 15) is 15.0 Å². The summed E-state index contributed by atoms with van der Waals surface area (Å²) in [5.74, 6) is -1.12. The second-order valence-corrected chi connectivity index (χ2v) is 8.91. The lowest BCUT2D eigenvalue weighted by molar-refractivity contribution is 0.0693. The number of carboxylic acid groups (broad SMARTS) is 1. The van der Waals surface area contributed by atoms with Crippen LogP contribution >= 0.6 is 0 Å². The fourth-order valence-electron chi connectivity index (χ4n) is 3.62. The maximum atomic E-state index is 11.7. The number of hydrogen-bond acceptors (Lipinski definition) is 2. The van der Waals surface area contributed by atoms with E-state index in [2.05, 4.69) is 47.6 Å². The predicted molar refractivity (Wildman–Crippen MR) is 109 cm³/mol. The van der Waals surface area contributed by atoms with Gasteiger partial charge in [0.2, 0.25) is 0 Å². The van der Waals surface area contributed by atoms with Crippen molar-refractivity contribution in [2.45, 2.75) is 104 Å². The smallest absolute Gasteiger partial charge is 0.339 e. The van der Waals surface area contributed by atoms with Gasteiger partial charge < -0.3 is 10.2 Å². The zero-order chi connectivity index (χ0) is 20.0. The lowest BCUT2D eigenvalue weighted by Gasteiger charge is -2.31. The van der Waals surface area contributed by atoms with Crippen LogP contribution in [0.2, 0.25) is 0 Å². The molecule has 0 aromatic heterocycles. The van der Waals surface area contributed by atoms with Crippen molar-refractivity contribution in [2.24, 2.45) is 0 Å². The maximum absolute atomic E-state index is 11.7. The number of carboxylic acids is 1. The second-order valence-electron chi connectivity index (χ2n) is 8.91. The van der Waals surface area contributed by atoms with Crippen molar-refractivity contribution in [1.82, 2.24) is 0 Å². The molecule has 0 unspecified atom stereocenters. The molecule has 0 aliphatic heterocycles. The second kappa shape index (κ2) is 9.43. The van der Waals surface area contributed by atoms with Crippen LogP contribution in [0, 0.1) is 0 Å². The molecule has 0 bridgehead atoms. The Hall–Kier alpha value is -1.51. The van der Waals surface area contributed by atoms with E-state index in [0.29, 0.717) is 0 Å². The molecule has 148 valence electrons. The Morgan fingerprint density at radius 3 is 1.85 bits per heavy atom. The minimum absolute atomic E-state index is 0.0321. The van der Waals surface area contributed by atoms with E-state index < -0.39 is 5.97 Å². The van der Waals surface area contributed by atoms with Crippen LogP contribution < -0.4 is 0 Å². The van der Waals surface area contributed by atoms with E-state index in [1.807, 2.05) is 0 Å². The van der Waals surface area contributed by atoms with Gasteiger partial charge in [0.1, 0.15) is 11.3 Å². The molecule has 3 heteroatoms. The zero-order valence-electron chi connectivity index (χ0n) is 17.6. The average molecular weight is 363 g/mol. The van der Waals surface area contributed by atoms with Crippen LogP contribution in [0.15, 0.2) is 12.1 Å². The van der Waals surface area contributed by atoms with Gasteiger partial charge in [-0.15, -0.1) is 0 Å². The summed E-state index contributed by atoms with van der Waals surface area (Å²) < 4.78 is 0. The number of aromatic carboxylic acids is 1. The molecular formula is C23H38O3. The average Bonchev–Trinajstić information content (AvgIpc) is 2.54. The molecule has 0 aliphatic rings. The van der Waals surface area contributed by atoms with Gasteiger partial charge in [-0.2, -0.15) is 0 Å². The van der Waals surface area contributed by atoms with E-state index in [1.165, 1.54) is 12.8 Å². The molecule has 2 N–H and O–H groups in total. The molecule has 0 spiro atoms. The topological polar surface area (TPSA) is 57.5 Å². The van der Waals surface area contributed by atoms with Crippen LogP contribution in [0.5, 0.6) is 5.75 Å². The number of unbranched alkanes of at least 4 members (excludes halogenated alkanes) is 4. The minimum Gasteiger partial charge on any atom is -0.507 e. The summed E-state index contributed by atoms with van der Waals surface area (Å²) in [5, 5.41) is 20.3. The first-order valence-electron chi connectivity index (χ1n) is 10.2. The summed E-state index contributed by atoms with van der Waals surface area (Å²) in [6.07, 6.45) is 8.81. The molecular weight excluding hydrogens is 324 g/mol. The molecule has 1 aromatic carbocycles. The minimum atomic E-state index is -1.06. The van der Waals surface area contributed by atoms with Crippen molar-refractivity contribution in [3.05, 3.63) is 28.8 Å². The zero-order valence-corrected chi connectivity index (χ0v) is 17.6. The largest absolute Gasteiger partial charge is 0.507 e. The van der Waals surface area contributed by atoms with Gasteiger partial charge in [-0.25, -0.2) is 4.79 Å². The molecule has 3 nitrogen and oxygen atoms in total. The van der Waals surface area contributed by atoms with Gasteiger partial charge in [0.15, 0.2) is 0 Å². The lowest BCUT2D eigenvalue weighted by Crippen LogP contribution is -2.23. The van der Waals surface area contributed by atoms with Gasteiger partial charge in [0.05, 0.1) is 0 Å². The Labute approximate surface area is 159 Å². The van der Waals surface area contributed by atoms with Crippen LogP contribution in [0.4, 0.5) is 0 Å². The summed E-state index contributed by atoms with van der Waals surface area (Å²) in [4.78, 5) is 11.7. The number of carbonyl (C=O) groups is 1. The van der Waals surface area contributed by atoms with E-state index in [-0.39, 0.29) is 22.1 Å². The molecule has 0 aliphatic carbocycles. The molecule has 0 amide bonds. The first-order valence-corrected chi connectivity index (χ1v) is 10.2. The summed E-state index contributed by atoms with van der Waals surface area (Å²) in [6, 6.07) is 3.73. The van der Waals surface area contributed by atoms with Crippen molar-refractivity contribution in [3.8, 4) is 5.75 Å². The molecule has 1 rings (SSSR count). The van der Waals surface area contributed by atoms with Crippen LogP contribution in [-0.2, 0) is 10.8 Å². The molecule has 0 fully saturated rings.